The number of aryl methyl sites for hydroxylation is 1. The maximum absolute atomic E-state index is 13.2. The summed E-state index contributed by atoms with van der Waals surface area (Å²) in [7, 11) is 2.16. The van der Waals surface area contributed by atoms with E-state index in [0.717, 1.165) is 31.6 Å². The number of likely N-dealkylation sites (N-methyl/N-ethyl adjacent to an activating group) is 1. The molecule has 1 aliphatic rings. The Hall–Kier alpha value is -0.930. The number of hydrogen-bond donors (Lipinski definition) is 1. The minimum Gasteiger partial charge on any atom is -0.330 e. The fourth-order valence-corrected chi connectivity index (χ4v) is 2.94. The summed E-state index contributed by atoms with van der Waals surface area (Å²) in [5.74, 6) is -0.117. The van der Waals surface area contributed by atoms with Crippen LogP contribution < -0.4 is 5.73 Å². The first-order chi connectivity index (χ1) is 9.04. The van der Waals surface area contributed by atoms with Gasteiger partial charge in [-0.15, -0.1) is 0 Å². The van der Waals surface area contributed by atoms with Gasteiger partial charge < -0.3 is 10.6 Å². The molecule has 0 aliphatic heterocycles. The van der Waals surface area contributed by atoms with Crippen LogP contribution in [0.25, 0.3) is 0 Å². The van der Waals surface area contributed by atoms with Crippen molar-refractivity contribution in [2.75, 3.05) is 26.7 Å². The summed E-state index contributed by atoms with van der Waals surface area (Å²) in [5, 5.41) is 0. The number of nitrogens with zero attached hydrogens (tertiary/aromatic N) is 1. The molecule has 0 radical (unpaired) electrons. The van der Waals surface area contributed by atoms with Gasteiger partial charge in [0, 0.05) is 13.1 Å². The molecule has 106 valence electrons. The molecule has 2 nitrogen and oxygen atoms in total. The van der Waals surface area contributed by atoms with Crippen molar-refractivity contribution in [3.8, 4) is 0 Å². The lowest BCUT2D eigenvalue weighted by molar-refractivity contribution is 0.0882. The van der Waals surface area contributed by atoms with Crippen LogP contribution in [0.2, 0.25) is 0 Å². The molecule has 1 saturated carbocycles. The summed E-state index contributed by atoms with van der Waals surface area (Å²) in [6, 6.07) is 5.40. The molecule has 0 unspecified atom stereocenters. The Kier molecular flexibility index (Phi) is 4.58. The lowest BCUT2D eigenvalue weighted by atomic mass is 9.68. The molecule has 0 saturated heterocycles. The minimum absolute atomic E-state index is 0.117. The van der Waals surface area contributed by atoms with Crippen LogP contribution in [0.5, 0.6) is 0 Å². The molecule has 0 heterocycles. The van der Waals surface area contributed by atoms with Crippen molar-refractivity contribution in [2.24, 2.45) is 11.1 Å². The first-order valence-corrected chi connectivity index (χ1v) is 7.18. The molecule has 0 spiro atoms. The van der Waals surface area contributed by atoms with Gasteiger partial charge in [0.05, 0.1) is 0 Å². The number of halogens is 1. The van der Waals surface area contributed by atoms with Gasteiger partial charge in [0.1, 0.15) is 5.82 Å². The zero-order valence-corrected chi connectivity index (χ0v) is 12.1. The van der Waals surface area contributed by atoms with Gasteiger partial charge >= 0.3 is 0 Å². The van der Waals surface area contributed by atoms with E-state index < -0.39 is 0 Å². The van der Waals surface area contributed by atoms with Crippen LogP contribution in [0, 0.1) is 18.2 Å². The Morgan fingerprint density at radius 3 is 2.63 bits per heavy atom. The first kappa shape index (κ1) is 14.5. The van der Waals surface area contributed by atoms with Crippen LogP contribution >= 0.6 is 0 Å². The summed E-state index contributed by atoms with van der Waals surface area (Å²) in [4.78, 5) is 2.37. The Morgan fingerprint density at radius 1 is 1.37 bits per heavy atom. The lowest BCUT2D eigenvalue weighted by Gasteiger charge is -2.43. The number of hydrogen-bond acceptors (Lipinski definition) is 2. The van der Waals surface area contributed by atoms with Gasteiger partial charge in [-0.3, -0.25) is 0 Å². The first-order valence-electron chi connectivity index (χ1n) is 7.18. The Bertz CT molecular complexity index is 421. The van der Waals surface area contributed by atoms with E-state index in [0.29, 0.717) is 5.41 Å². The summed E-state index contributed by atoms with van der Waals surface area (Å²) < 4.78 is 13.2. The second-order valence-corrected chi connectivity index (χ2v) is 6.13. The predicted molar refractivity (Wildman–Crippen MR) is 77.7 cm³/mol. The van der Waals surface area contributed by atoms with Gasteiger partial charge in [-0.05, 0) is 62.4 Å². The maximum Gasteiger partial charge on any atom is 0.126 e. The molecule has 19 heavy (non-hydrogen) atoms. The third-order valence-corrected chi connectivity index (χ3v) is 4.46. The van der Waals surface area contributed by atoms with Gasteiger partial charge in [0.15, 0.2) is 0 Å². The molecule has 1 aromatic carbocycles. The molecule has 0 amide bonds. The van der Waals surface area contributed by atoms with Crippen molar-refractivity contribution in [1.82, 2.24) is 4.90 Å². The van der Waals surface area contributed by atoms with Crippen molar-refractivity contribution in [3.05, 3.63) is 35.1 Å². The van der Waals surface area contributed by atoms with E-state index in [1.54, 1.807) is 6.07 Å². The molecule has 0 aromatic heterocycles. The highest BCUT2D eigenvalue weighted by Gasteiger charge is 2.36. The van der Waals surface area contributed by atoms with Crippen LogP contribution in [0.1, 0.15) is 30.4 Å². The Balaban J connectivity index is 1.82. The van der Waals surface area contributed by atoms with E-state index in [4.69, 9.17) is 5.73 Å². The molecular formula is C16H25FN2. The van der Waals surface area contributed by atoms with Gasteiger partial charge in [0.2, 0.25) is 0 Å². The normalized spacial score (nSPS) is 17.5. The van der Waals surface area contributed by atoms with Crippen molar-refractivity contribution >= 4 is 0 Å². The van der Waals surface area contributed by atoms with Crippen LogP contribution in [0.3, 0.4) is 0 Å². The Morgan fingerprint density at radius 2 is 2.11 bits per heavy atom. The topological polar surface area (TPSA) is 29.3 Å². The number of benzene rings is 1. The van der Waals surface area contributed by atoms with Crippen molar-refractivity contribution < 1.29 is 4.39 Å². The average molecular weight is 264 g/mol. The summed E-state index contributed by atoms with van der Waals surface area (Å²) in [6.45, 7) is 4.71. The van der Waals surface area contributed by atoms with Crippen molar-refractivity contribution in [2.45, 2.75) is 32.6 Å². The molecule has 2 N–H and O–H groups in total. The molecule has 3 heteroatoms. The smallest absolute Gasteiger partial charge is 0.126 e. The molecule has 0 atom stereocenters. The third-order valence-electron chi connectivity index (χ3n) is 4.46. The van der Waals surface area contributed by atoms with Crippen LogP contribution in [-0.2, 0) is 6.42 Å². The molecule has 1 aromatic rings. The fraction of sp³-hybridized carbons (Fsp3) is 0.625. The predicted octanol–water partition coefficient (Wildman–Crippen LogP) is 2.74. The lowest BCUT2D eigenvalue weighted by Crippen LogP contribution is -2.46. The highest BCUT2D eigenvalue weighted by Crippen LogP contribution is 2.40. The second-order valence-electron chi connectivity index (χ2n) is 6.13. The minimum atomic E-state index is -0.117. The molecule has 1 fully saturated rings. The zero-order valence-electron chi connectivity index (χ0n) is 12.1. The van der Waals surface area contributed by atoms with E-state index in [1.165, 1.54) is 24.8 Å². The summed E-state index contributed by atoms with van der Waals surface area (Å²) >= 11 is 0. The van der Waals surface area contributed by atoms with Crippen molar-refractivity contribution in [1.29, 1.82) is 0 Å². The molecule has 0 bridgehead atoms. The zero-order chi connectivity index (χ0) is 13.9. The second kappa shape index (κ2) is 6.02. The van der Waals surface area contributed by atoms with E-state index >= 15 is 0 Å². The third kappa shape index (κ3) is 3.54. The fourth-order valence-electron chi connectivity index (χ4n) is 2.94. The quantitative estimate of drug-likeness (QED) is 0.856. The molecular weight excluding hydrogens is 239 g/mol. The number of nitrogens with two attached hydrogens (primary N) is 1. The van der Waals surface area contributed by atoms with Gasteiger partial charge in [-0.25, -0.2) is 4.39 Å². The van der Waals surface area contributed by atoms with Crippen molar-refractivity contribution in [3.63, 3.8) is 0 Å². The van der Waals surface area contributed by atoms with Crippen LogP contribution in [0.15, 0.2) is 18.2 Å². The van der Waals surface area contributed by atoms with Gasteiger partial charge in [-0.1, -0.05) is 18.6 Å². The molecule has 1 aliphatic carbocycles. The van der Waals surface area contributed by atoms with Gasteiger partial charge in [0.25, 0.3) is 0 Å². The monoisotopic (exact) mass is 264 g/mol. The number of rotatable bonds is 6. The average Bonchev–Trinajstić information content (AvgIpc) is 2.35. The van der Waals surface area contributed by atoms with E-state index in [2.05, 4.69) is 11.9 Å². The maximum atomic E-state index is 13.2. The van der Waals surface area contributed by atoms with E-state index in [-0.39, 0.29) is 5.82 Å². The van der Waals surface area contributed by atoms with Gasteiger partial charge in [-0.2, -0.15) is 0 Å². The van der Waals surface area contributed by atoms with E-state index in [9.17, 15) is 4.39 Å². The summed E-state index contributed by atoms with van der Waals surface area (Å²) in [5.41, 5.74) is 8.20. The highest BCUT2D eigenvalue weighted by atomic mass is 19.1. The van der Waals surface area contributed by atoms with Crippen LogP contribution in [-0.4, -0.2) is 31.6 Å². The van der Waals surface area contributed by atoms with Crippen LogP contribution in [0.4, 0.5) is 4.39 Å². The molecule has 2 rings (SSSR count). The Labute approximate surface area is 115 Å². The highest BCUT2D eigenvalue weighted by molar-refractivity contribution is 5.24. The van der Waals surface area contributed by atoms with E-state index in [1.807, 2.05) is 19.1 Å². The SMILES string of the molecule is Cc1cc(CCN(C)CC2(CN)CCC2)ccc1F. The summed E-state index contributed by atoms with van der Waals surface area (Å²) in [6.07, 6.45) is 4.83. The largest absolute Gasteiger partial charge is 0.330 e. The standard InChI is InChI=1S/C16H25FN2/c1-13-10-14(4-5-15(13)17)6-9-19(2)12-16(11-18)7-3-8-16/h4-5,10H,3,6-9,11-12,18H2,1-2H3.